The molecule has 0 saturated heterocycles. The Hall–Kier alpha value is -0.590. The van der Waals surface area contributed by atoms with Gasteiger partial charge in [0.15, 0.2) is 0 Å². The molecule has 0 amide bonds. The maximum absolute atomic E-state index is 11.7. The zero-order chi connectivity index (χ0) is 15.6. The van der Waals surface area contributed by atoms with Crippen molar-refractivity contribution >= 4 is 5.78 Å². The summed E-state index contributed by atoms with van der Waals surface area (Å²) in [7, 11) is 0. The Balaban J connectivity index is 3.24. The van der Waals surface area contributed by atoms with Crippen molar-refractivity contribution in [3.63, 3.8) is 0 Å². The third kappa shape index (κ3) is 17.4. The highest BCUT2D eigenvalue weighted by atomic mass is 16.1. The Labute approximate surface area is 133 Å². The van der Waals surface area contributed by atoms with Crippen LogP contribution in [0.15, 0.2) is 12.2 Å². The van der Waals surface area contributed by atoms with Crippen LogP contribution in [0.4, 0.5) is 0 Å². The van der Waals surface area contributed by atoms with E-state index in [1.165, 1.54) is 70.6 Å². The Morgan fingerprint density at radius 2 is 1.14 bits per heavy atom. The molecule has 1 heteroatoms. The van der Waals surface area contributed by atoms with Gasteiger partial charge in [-0.2, -0.15) is 0 Å². The van der Waals surface area contributed by atoms with Gasteiger partial charge in [0.05, 0.1) is 0 Å². The van der Waals surface area contributed by atoms with Crippen LogP contribution in [0.5, 0.6) is 0 Å². The molecule has 21 heavy (non-hydrogen) atoms. The van der Waals surface area contributed by atoms with Gasteiger partial charge >= 0.3 is 0 Å². The van der Waals surface area contributed by atoms with Crippen LogP contribution >= 0.6 is 0 Å². The molecule has 0 N–H and O–H groups in total. The van der Waals surface area contributed by atoms with Gasteiger partial charge in [0.2, 0.25) is 0 Å². The van der Waals surface area contributed by atoms with Gasteiger partial charge in [-0.3, -0.25) is 4.79 Å². The van der Waals surface area contributed by atoms with Gasteiger partial charge in [0.25, 0.3) is 0 Å². The lowest BCUT2D eigenvalue weighted by Gasteiger charge is -2.01. The number of ketones is 1. The summed E-state index contributed by atoms with van der Waals surface area (Å²) >= 11 is 0. The number of carbonyl (C=O) groups excluding carboxylic acids is 1. The van der Waals surface area contributed by atoms with Crippen LogP contribution in [0.2, 0.25) is 0 Å². The Morgan fingerprint density at radius 3 is 1.81 bits per heavy atom. The summed E-state index contributed by atoms with van der Waals surface area (Å²) in [6, 6.07) is 0. The molecule has 0 fully saturated rings. The number of Topliss-reactive ketones (excluding diaryl/α,β-unsaturated/α-hetero) is 1. The summed E-state index contributed by atoms with van der Waals surface area (Å²) in [5.41, 5.74) is 0. The Morgan fingerprint density at radius 1 is 0.619 bits per heavy atom. The molecule has 0 spiro atoms. The summed E-state index contributed by atoms with van der Waals surface area (Å²) in [5.74, 6) is 0.458. The molecule has 0 bridgehead atoms. The smallest absolute Gasteiger partial charge is 0.133 e. The zero-order valence-electron chi connectivity index (χ0n) is 14.7. The molecular weight excluding hydrogens is 256 g/mol. The van der Waals surface area contributed by atoms with Crippen LogP contribution in [-0.4, -0.2) is 5.78 Å². The molecule has 124 valence electrons. The van der Waals surface area contributed by atoms with Crippen molar-refractivity contribution in [3.05, 3.63) is 12.2 Å². The van der Waals surface area contributed by atoms with E-state index in [2.05, 4.69) is 26.0 Å². The van der Waals surface area contributed by atoms with E-state index in [9.17, 15) is 4.79 Å². The molecule has 0 aromatic heterocycles. The van der Waals surface area contributed by atoms with Crippen molar-refractivity contribution < 1.29 is 4.79 Å². The highest BCUT2D eigenvalue weighted by molar-refractivity contribution is 5.78. The largest absolute Gasteiger partial charge is 0.300 e. The fraction of sp³-hybridized carbons (Fsp3) is 0.850. The van der Waals surface area contributed by atoms with E-state index in [1.54, 1.807) is 0 Å². The molecule has 0 atom stereocenters. The molecule has 0 heterocycles. The van der Waals surface area contributed by atoms with Crippen molar-refractivity contribution in [2.45, 2.75) is 110 Å². The predicted octanol–water partition coefficient (Wildman–Crippen LogP) is 7.00. The SMILES string of the molecule is CCCCCCC=CCCC(=O)CCCCCCCCC. The minimum absolute atomic E-state index is 0.458. The molecule has 0 aromatic carbocycles. The maximum atomic E-state index is 11.7. The van der Waals surface area contributed by atoms with Crippen LogP contribution in [0, 0.1) is 0 Å². The molecule has 1 nitrogen and oxygen atoms in total. The summed E-state index contributed by atoms with van der Waals surface area (Å²) in [5, 5.41) is 0. The highest BCUT2D eigenvalue weighted by Gasteiger charge is 2.00. The second kappa shape index (κ2) is 17.5. The first-order valence-corrected chi connectivity index (χ1v) is 9.48. The number of hydrogen-bond acceptors (Lipinski definition) is 1. The second-order valence-electron chi connectivity index (χ2n) is 6.27. The number of unbranched alkanes of at least 4 members (excludes halogenated alkanes) is 10. The summed E-state index contributed by atoms with van der Waals surface area (Å²) in [4.78, 5) is 11.7. The third-order valence-electron chi connectivity index (χ3n) is 4.04. The van der Waals surface area contributed by atoms with E-state index in [0.29, 0.717) is 5.78 Å². The number of hydrogen-bond donors (Lipinski definition) is 0. The van der Waals surface area contributed by atoms with Crippen molar-refractivity contribution in [1.82, 2.24) is 0 Å². The lowest BCUT2D eigenvalue weighted by atomic mass is 10.0. The van der Waals surface area contributed by atoms with E-state index in [1.807, 2.05) is 0 Å². The topological polar surface area (TPSA) is 17.1 Å². The average Bonchev–Trinajstić information content (AvgIpc) is 2.49. The van der Waals surface area contributed by atoms with E-state index in [-0.39, 0.29) is 0 Å². The van der Waals surface area contributed by atoms with Gasteiger partial charge in [-0.25, -0.2) is 0 Å². The number of allylic oxidation sites excluding steroid dienone is 2. The summed E-state index contributed by atoms with van der Waals surface area (Å²) in [6.45, 7) is 4.49. The normalized spacial score (nSPS) is 11.3. The third-order valence-corrected chi connectivity index (χ3v) is 4.04. The van der Waals surface area contributed by atoms with Gasteiger partial charge in [-0.15, -0.1) is 0 Å². The van der Waals surface area contributed by atoms with Crippen molar-refractivity contribution in [1.29, 1.82) is 0 Å². The molecule has 0 radical (unpaired) electrons. The molecular formula is C20H38O. The van der Waals surface area contributed by atoms with E-state index in [0.717, 1.165) is 25.7 Å². The van der Waals surface area contributed by atoms with Crippen LogP contribution in [0.1, 0.15) is 110 Å². The van der Waals surface area contributed by atoms with Crippen LogP contribution < -0.4 is 0 Å². The van der Waals surface area contributed by atoms with Gasteiger partial charge in [0.1, 0.15) is 5.78 Å². The van der Waals surface area contributed by atoms with E-state index >= 15 is 0 Å². The lowest BCUT2D eigenvalue weighted by molar-refractivity contribution is -0.119. The summed E-state index contributed by atoms with van der Waals surface area (Å²) in [6.07, 6.45) is 22.5. The molecule has 0 aliphatic heterocycles. The summed E-state index contributed by atoms with van der Waals surface area (Å²) < 4.78 is 0. The van der Waals surface area contributed by atoms with Crippen molar-refractivity contribution in [3.8, 4) is 0 Å². The first-order valence-electron chi connectivity index (χ1n) is 9.48. The molecule has 0 aliphatic carbocycles. The van der Waals surface area contributed by atoms with Crippen molar-refractivity contribution in [2.24, 2.45) is 0 Å². The van der Waals surface area contributed by atoms with Gasteiger partial charge in [-0.05, 0) is 25.7 Å². The van der Waals surface area contributed by atoms with Gasteiger partial charge < -0.3 is 0 Å². The zero-order valence-corrected chi connectivity index (χ0v) is 14.7. The maximum Gasteiger partial charge on any atom is 0.133 e. The first kappa shape index (κ1) is 20.4. The monoisotopic (exact) mass is 294 g/mol. The van der Waals surface area contributed by atoms with Crippen LogP contribution in [0.3, 0.4) is 0 Å². The lowest BCUT2D eigenvalue weighted by Crippen LogP contribution is -1.96. The molecule has 0 rings (SSSR count). The standard InChI is InChI=1S/C20H38O/c1-3-5-7-9-11-13-15-17-19-20(21)18-16-14-12-10-8-6-4-2/h13,15H,3-12,14,16-19H2,1-2H3. The molecule has 0 saturated carbocycles. The molecule has 0 unspecified atom stereocenters. The van der Waals surface area contributed by atoms with Crippen LogP contribution in [0.25, 0.3) is 0 Å². The molecule has 0 aromatic rings. The van der Waals surface area contributed by atoms with E-state index < -0.39 is 0 Å². The first-order chi connectivity index (χ1) is 10.3. The predicted molar refractivity (Wildman–Crippen MR) is 94.8 cm³/mol. The van der Waals surface area contributed by atoms with Crippen LogP contribution in [-0.2, 0) is 4.79 Å². The minimum atomic E-state index is 0.458. The van der Waals surface area contributed by atoms with E-state index in [4.69, 9.17) is 0 Å². The van der Waals surface area contributed by atoms with Crippen molar-refractivity contribution in [2.75, 3.05) is 0 Å². The Bertz CT molecular complexity index is 242. The van der Waals surface area contributed by atoms with Gasteiger partial charge in [0, 0.05) is 12.8 Å². The molecule has 0 aliphatic rings. The fourth-order valence-electron chi connectivity index (χ4n) is 2.57. The number of carbonyl (C=O) groups is 1. The second-order valence-corrected chi connectivity index (χ2v) is 6.27. The minimum Gasteiger partial charge on any atom is -0.300 e. The quantitative estimate of drug-likeness (QED) is 0.221. The number of rotatable bonds is 16. The highest BCUT2D eigenvalue weighted by Crippen LogP contribution is 2.10. The fourth-order valence-corrected chi connectivity index (χ4v) is 2.57. The van der Waals surface area contributed by atoms with Gasteiger partial charge in [-0.1, -0.05) is 83.8 Å². The Kier molecular flexibility index (Phi) is 17.0. The average molecular weight is 295 g/mol.